The molecule has 0 unspecified atom stereocenters. The van der Waals surface area contributed by atoms with E-state index in [2.05, 4.69) is 29.5 Å². The van der Waals surface area contributed by atoms with Gasteiger partial charge in [0.05, 0.1) is 11.8 Å². The third-order valence-corrected chi connectivity index (χ3v) is 9.05. The highest BCUT2D eigenvalue weighted by molar-refractivity contribution is 7.15. The zero-order valence-corrected chi connectivity index (χ0v) is 20.2. The zero-order chi connectivity index (χ0) is 23.3. The van der Waals surface area contributed by atoms with E-state index in [-0.39, 0.29) is 40.9 Å². The minimum Gasteiger partial charge on any atom is -0.392 e. The van der Waals surface area contributed by atoms with Crippen molar-refractivity contribution in [2.75, 3.05) is 5.32 Å². The number of hydrogen-bond acceptors (Lipinski definition) is 6. The maximum absolute atomic E-state index is 12.7. The Morgan fingerprint density at radius 3 is 2.67 bits per heavy atom. The molecule has 8 heteroatoms. The summed E-state index contributed by atoms with van der Waals surface area (Å²) >= 11 is 1.54. The van der Waals surface area contributed by atoms with Crippen molar-refractivity contribution in [1.29, 1.82) is 0 Å². The summed E-state index contributed by atoms with van der Waals surface area (Å²) in [4.78, 5) is 35.2. The molecule has 0 bridgehead atoms. The van der Waals surface area contributed by atoms with Crippen molar-refractivity contribution in [1.82, 2.24) is 15.3 Å². The van der Waals surface area contributed by atoms with Crippen LogP contribution in [0.5, 0.6) is 0 Å². The highest BCUT2D eigenvalue weighted by atomic mass is 32.1. The Hall–Kier alpha value is -2.32. The first-order valence-corrected chi connectivity index (χ1v) is 12.8. The lowest BCUT2D eigenvalue weighted by molar-refractivity contribution is -0.134. The molecular formula is C25H32N4O3S. The fraction of sp³-hybridized carbons (Fsp3) is 0.600. The lowest BCUT2D eigenvalue weighted by Gasteiger charge is -2.53. The van der Waals surface area contributed by atoms with Gasteiger partial charge in [-0.3, -0.25) is 19.9 Å². The summed E-state index contributed by atoms with van der Waals surface area (Å²) in [6.45, 7) is 6.36. The van der Waals surface area contributed by atoms with Gasteiger partial charge in [-0.2, -0.15) is 0 Å². The van der Waals surface area contributed by atoms with Crippen molar-refractivity contribution in [3.05, 3.63) is 40.7 Å². The first-order chi connectivity index (χ1) is 15.8. The molecule has 0 aromatic carbocycles. The van der Waals surface area contributed by atoms with Gasteiger partial charge in [0.1, 0.15) is 0 Å². The Balaban J connectivity index is 1.35. The summed E-state index contributed by atoms with van der Waals surface area (Å²) in [7, 11) is 0. The number of hydrogen-bond donors (Lipinski definition) is 3. The number of aromatic nitrogens is 2. The van der Waals surface area contributed by atoms with E-state index in [4.69, 9.17) is 4.98 Å². The van der Waals surface area contributed by atoms with Gasteiger partial charge < -0.3 is 10.4 Å². The molecule has 5 rings (SSSR count). The standard InChI is InChI=1S/C25H32N4O3S/c1-13(22(31)27-16-4-5-16)17-6-9-25(3)12-18-20(14(2)19(25)21(17)30)28-24(33-18)29-23(32)15-7-10-26-11-8-15/h7-8,10-11,13-14,16-17,19,21,30H,4-6,9,12H2,1-3H3,(H,27,31)(H,28,29,32)/t13-,14+,17+,19+,21-,25+/m0/s1. The Kier molecular flexibility index (Phi) is 5.77. The van der Waals surface area contributed by atoms with Crippen molar-refractivity contribution in [2.24, 2.45) is 23.2 Å². The molecule has 2 heterocycles. The highest BCUT2D eigenvalue weighted by Gasteiger charge is 2.54. The van der Waals surface area contributed by atoms with E-state index in [0.717, 1.165) is 37.8 Å². The van der Waals surface area contributed by atoms with Crippen LogP contribution in [-0.2, 0) is 11.2 Å². The fourth-order valence-corrected chi connectivity index (χ4v) is 7.29. The lowest BCUT2D eigenvalue weighted by atomic mass is 9.53. The van der Waals surface area contributed by atoms with Crippen LogP contribution in [0.4, 0.5) is 5.13 Å². The molecule has 2 fully saturated rings. The maximum Gasteiger partial charge on any atom is 0.257 e. The van der Waals surface area contributed by atoms with Crippen molar-refractivity contribution >= 4 is 28.3 Å². The lowest BCUT2D eigenvalue weighted by Crippen LogP contribution is -2.53. The number of nitrogens with one attached hydrogen (secondary N) is 2. The Labute approximate surface area is 198 Å². The smallest absolute Gasteiger partial charge is 0.257 e. The molecule has 33 heavy (non-hydrogen) atoms. The molecule has 176 valence electrons. The molecular weight excluding hydrogens is 436 g/mol. The number of rotatable bonds is 5. The molecule has 2 saturated carbocycles. The van der Waals surface area contributed by atoms with E-state index in [1.165, 1.54) is 16.2 Å². The number of thiazole rings is 1. The molecule has 0 aliphatic heterocycles. The van der Waals surface area contributed by atoms with Gasteiger partial charge in [-0.25, -0.2) is 4.98 Å². The molecule has 2 aromatic heterocycles. The van der Waals surface area contributed by atoms with Gasteiger partial charge in [-0.15, -0.1) is 11.3 Å². The predicted octanol–water partition coefficient (Wildman–Crippen LogP) is 3.76. The number of anilines is 1. The summed E-state index contributed by atoms with van der Waals surface area (Å²) in [5, 5.41) is 18.2. The SMILES string of the molecule is C[C@H](C(=O)NC1CC1)[C@H]1CC[C@]2(C)Cc3sc(NC(=O)c4ccncc4)nc3[C@H](C)[C@@H]2[C@H]1O. The summed E-state index contributed by atoms with van der Waals surface area (Å²) in [5.74, 6) is -0.289. The second-order valence-corrected chi connectivity index (χ2v) is 11.5. The molecule has 3 aliphatic rings. The molecule has 7 nitrogen and oxygen atoms in total. The van der Waals surface area contributed by atoms with E-state index >= 15 is 0 Å². The van der Waals surface area contributed by atoms with Crippen molar-refractivity contribution < 1.29 is 14.7 Å². The van der Waals surface area contributed by atoms with Gasteiger partial charge in [0.2, 0.25) is 5.91 Å². The van der Waals surface area contributed by atoms with E-state index in [1.54, 1.807) is 24.5 Å². The van der Waals surface area contributed by atoms with Crippen molar-refractivity contribution in [3.63, 3.8) is 0 Å². The topological polar surface area (TPSA) is 104 Å². The molecule has 3 aliphatic carbocycles. The minimum atomic E-state index is -0.552. The van der Waals surface area contributed by atoms with Crippen LogP contribution in [0, 0.1) is 23.2 Å². The van der Waals surface area contributed by atoms with Crippen LogP contribution >= 0.6 is 11.3 Å². The first-order valence-electron chi connectivity index (χ1n) is 12.0. The minimum absolute atomic E-state index is 0.0331. The van der Waals surface area contributed by atoms with E-state index < -0.39 is 6.10 Å². The molecule has 2 aromatic rings. The fourth-order valence-electron chi connectivity index (χ4n) is 6.03. The Bertz CT molecular complexity index is 1050. The Morgan fingerprint density at radius 1 is 1.24 bits per heavy atom. The van der Waals surface area contributed by atoms with E-state index in [0.29, 0.717) is 16.7 Å². The first kappa shape index (κ1) is 22.5. The van der Waals surface area contributed by atoms with Crippen molar-refractivity contribution in [2.45, 2.75) is 70.9 Å². The number of fused-ring (bicyclic) bond motifs is 2. The summed E-state index contributed by atoms with van der Waals surface area (Å²) < 4.78 is 0. The summed E-state index contributed by atoms with van der Waals surface area (Å²) in [5.41, 5.74) is 1.47. The zero-order valence-electron chi connectivity index (χ0n) is 19.4. The molecule has 6 atom stereocenters. The van der Waals surface area contributed by atoms with Crippen LogP contribution in [0.1, 0.15) is 73.3 Å². The van der Waals surface area contributed by atoms with Gasteiger partial charge in [-0.1, -0.05) is 20.8 Å². The van der Waals surface area contributed by atoms with Crippen LogP contribution in [0.3, 0.4) is 0 Å². The summed E-state index contributed by atoms with van der Waals surface area (Å²) in [6.07, 6.45) is 7.43. The second-order valence-electron chi connectivity index (χ2n) is 10.4. The average molecular weight is 469 g/mol. The van der Waals surface area contributed by atoms with Crippen LogP contribution in [0.15, 0.2) is 24.5 Å². The average Bonchev–Trinajstić information content (AvgIpc) is 3.51. The predicted molar refractivity (Wildman–Crippen MR) is 127 cm³/mol. The molecule has 2 amide bonds. The van der Waals surface area contributed by atoms with Gasteiger partial charge in [0.15, 0.2) is 5.13 Å². The van der Waals surface area contributed by atoms with Crippen LogP contribution in [0.25, 0.3) is 0 Å². The third-order valence-electron chi connectivity index (χ3n) is 8.06. The second kappa shape index (κ2) is 8.47. The highest BCUT2D eigenvalue weighted by Crippen LogP contribution is 2.57. The van der Waals surface area contributed by atoms with Gasteiger partial charge in [-0.05, 0) is 61.5 Å². The molecule has 3 N–H and O–H groups in total. The number of aliphatic hydroxyl groups is 1. The van der Waals surface area contributed by atoms with E-state index in [1.807, 2.05) is 6.92 Å². The number of pyridine rings is 1. The van der Waals surface area contributed by atoms with Gasteiger partial charge >= 0.3 is 0 Å². The summed E-state index contributed by atoms with van der Waals surface area (Å²) in [6, 6.07) is 3.69. The Morgan fingerprint density at radius 2 is 1.97 bits per heavy atom. The molecule has 0 spiro atoms. The number of nitrogens with zero attached hydrogens (tertiary/aromatic N) is 2. The van der Waals surface area contributed by atoms with Gasteiger partial charge in [0, 0.05) is 40.7 Å². The third kappa shape index (κ3) is 4.19. The van der Waals surface area contributed by atoms with Crippen LogP contribution in [0.2, 0.25) is 0 Å². The number of carbonyl (C=O) groups is 2. The van der Waals surface area contributed by atoms with E-state index in [9.17, 15) is 14.7 Å². The quantitative estimate of drug-likeness (QED) is 0.620. The maximum atomic E-state index is 12.7. The molecule has 0 radical (unpaired) electrons. The van der Waals surface area contributed by atoms with Gasteiger partial charge in [0.25, 0.3) is 5.91 Å². The van der Waals surface area contributed by atoms with Crippen LogP contribution < -0.4 is 10.6 Å². The number of amides is 2. The van der Waals surface area contributed by atoms with Crippen molar-refractivity contribution in [3.8, 4) is 0 Å². The van der Waals surface area contributed by atoms with Crippen LogP contribution in [-0.4, -0.2) is 39.0 Å². The molecule has 0 saturated heterocycles. The number of carbonyl (C=O) groups excluding carboxylic acids is 2. The monoisotopic (exact) mass is 468 g/mol. The number of aliphatic hydroxyl groups excluding tert-OH is 1. The largest absolute Gasteiger partial charge is 0.392 e. The normalized spacial score (nSPS) is 31.8.